The van der Waals surface area contributed by atoms with Gasteiger partial charge in [0, 0.05) is 18.6 Å². The summed E-state index contributed by atoms with van der Waals surface area (Å²) < 4.78 is 1.15. The Morgan fingerprint density at radius 3 is 2.70 bits per heavy atom. The molecule has 0 saturated carbocycles. The van der Waals surface area contributed by atoms with Gasteiger partial charge in [-0.3, -0.25) is 9.59 Å². The number of carboxylic acids is 1. The van der Waals surface area contributed by atoms with Gasteiger partial charge in [0.05, 0.1) is 24.0 Å². The molecular weight excluding hydrogens is 341 g/mol. The summed E-state index contributed by atoms with van der Waals surface area (Å²) in [6.45, 7) is 2.08. The maximum absolute atomic E-state index is 12.4. The molecule has 0 fully saturated rings. The summed E-state index contributed by atoms with van der Waals surface area (Å²) >= 11 is 12.2. The molecule has 122 valence electrons. The lowest BCUT2D eigenvalue weighted by Crippen LogP contribution is -2.27. The maximum atomic E-state index is 12.4. The second-order valence-corrected chi connectivity index (χ2v) is 5.84. The van der Waals surface area contributed by atoms with Crippen LogP contribution in [-0.2, 0) is 4.79 Å². The van der Waals surface area contributed by atoms with Crippen LogP contribution in [0.3, 0.4) is 0 Å². The molecule has 0 saturated heterocycles. The molecule has 23 heavy (non-hydrogen) atoms. The zero-order valence-electron chi connectivity index (χ0n) is 12.6. The van der Waals surface area contributed by atoms with E-state index in [1.54, 1.807) is 30.1 Å². The van der Waals surface area contributed by atoms with Crippen molar-refractivity contribution >= 4 is 34.9 Å². The Balaban J connectivity index is 2.39. The van der Waals surface area contributed by atoms with Crippen LogP contribution >= 0.6 is 23.2 Å². The normalized spacial score (nSPS) is 10.6. The Hall–Kier alpha value is -2.05. The molecule has 0 atom stereocenters. The van der Waals surface area contributed by atoms with Gasteiger partial charge in [-0.05, 0) is 24.6 Å². The molecule has 1 N–H and O–H groups in total. The number of aliphatic carboxylic acids is 1. The van der Waals surface area contributed by atoms with Gasteiger partial charge in [-0.25, -0.2) is 0 Å². The van der Waals surface area contributed by atoms with Crippen LogP contribution in [-0.4, -0.2) is 34.4 Å². The van der Waals surface area contributed by atoms with Crippen molar-refractivity contribution in [3.63, 3.8) is 0 Å². The van der Waals surface area contributed by atoms with Crippen LogP contribution in [0.4, 0.5) is 5.69 Å². The summed E-state index contributed by atoms with van der Waals surface area (Å²) in [4.78, 5) is 24.6. The lowest BCUT2D eigenvalue weighted by Gasteiger charge is -2.19. The summed E-state index contributed by atoms with van der Waals surface area (Å²) in [5, 5.41) is 13.3. The first-order valence-corrected chi connectivity index (χ1v) is 7.54. The number of carboxylic acid groups (broad SMARTS) is 1. The topological polar surface area (TPSA) is 75.4 Å². The summed E-state index contributed by atoms with van der Waals surface area (Å²) in [7, 11) is 1.65. The van der Waals surface area contributed by atoms with E-state index in [2.05, 4.69) is 5.10 Å². The highest BCUT2D eigenvalue weighted by Crippen LogP contribution is 2.22. The zero-order chi connectivity index (χ0) is 17.1. The van der Waals surface area contributed by atoms with Crippen LogP contribution in [0, 0.1) is 6.92 Å². The quantitative estimate of drug-likeness (QED) is 0.892. The van der Waals surface area contributed by atoms with Gasteiger partial charge in [-0.2, -0.15) is 9.78 Å². The van der Waals surface area contributed by atoms with Crippen molar-refractivity contribution in [1.29, 1.82) is 0 Å². The average Bonchev–Trinajstić information content (AvgIpc) is 2.50. The molecule has 8 heteroatoms. The molecule has 0 unspecified atom stereocenters. The number of nitrogens with zero attached hydrogens (tertiary/aromatic N) is 3. The third kappa shape index (κ3) is 3.83. The molecule has 1 aromatic carbocycles. The minimum absolute atomic E-state index is 0.0235. The molecule has 6 nitrogen and oxygen atoms in total. The molecule has 0 amide bonds. The number of anilines is 1. The van der Waals surface area contributed by atoms with E-state index in [0.29, 0.717) is 16.4 Å². The molecule has 1 aromatic heterocycles. The van der Waals surface area contributed by atoms with E-state index in [1.807, 2.05) is 6.92 Å². The lowest BCUT2D eigenvalue weighted by molar-refractivity contribution is -0.136. The number of halogens is 2. The highest BCUT2D eigenvalue weighted by molar-refractivity contribution is 6.33. The fourth-order valence-corrected chi connectivity index (χ4v) is 2.42. The highest BCUT2D eigenvalue weighted by atomic mass is 35.5. The molecule has 0 spiro atoms. The number of hydrogen-bond donors (Lipinski definition) is 1. The second-order valence-electron chi connectivity index (χ2n) is 5.06. The van der Waals surface area contributed by atoms with Crippen molar-refractivity contribution in [2.24, 2.45) is 0 Å². The maximum Gasteiger partial charge on any atom is 0.305 e. The molecule has 2 rings (SSSR count). The van der Waals surface area contributed by atoms with E-state index in [9.17, 15) is 9.59 Å². The Labute approximate surface area is 142 Å². The van der Waals surface area contributed by atoms with Crippen molar-refractivity contribution in [3.8, 4) is 5.69 Å². The van der Waals surface area contributed by atoms with Crippen LogP contribution in [0.1, 0.15) is 12.0 Å². The van der Waals surface area contributed by atoms with Crippen molar-refractivity contribution in [2.45, 2.75) is 13.3 Å². The molecule has 0 aliphatic heterocycles. The van der Waals surface area contributed by atoms with Gasteiger partial charge in [0.25, 0.3) is 5.56 Å². The first kappa shape index (κ1) is 17.3. The molecule has 0 bridgehead atoms. The third-order valence-electron chi connectivity index (χ3n) is 3.37. The van der Waals surface area contributed by atoms with Crippen LogP contribution in [0.2, 0.25) is 10.0 Å². The Morgan fingerprint density at radius 2 is 2.09 bits per heavy atom. The number of rotatable bonds is 5. The van der Waals surface area contributed by atoms with Crippen molar-refractivity contribution < 1.29 is 9.90 Å². The summed E-state index contributed by atoms with van der Waals surface area (Å²) in [5.41, 5.74) is 1.28. The van der Waals surface area contributed by atoms with Gasteiger partial charge in [-0.15, -0.1) is 0 Å². The van der Waals surface area contributed by atoms with Gasteiger partial charge >= 0.3 is 5.97 Å². The average molecular weight is 356 g/mol. The largest absolute Gasteiger partial charge is 0.481 e. The van der Waals surface area contributed by atoms with Gasteiger partial charge < -0.3 is 10.0 Å². The van der Waals surface area contributed by atoms with Crippen LogP contribution in [0.5, 0.6) is 0 Å². The van der Waals surface area contributed by atoms with Crippen LogP contribution in [0.15, 0.2) is 29.2 Å². The highest BCUT2D eigenvalue weighted by Gasteiger charge is 2.15. The van der Waals surface area contributed by atoms with E-state index in [4.69, 9.17) is 28.3 Å². The minimum atomic E-state index is -0.927. The van der Waals surface area contributed by atoms with E-state index in [1.165, 1.54) is 6.20 Å². The predicted molar refractivity (Wildman–Crippen MR) is 90.1 cm³/mol. The molecule has 2 aromatic rings. The smallest absolute Gasteiger partial charge is 0.305 e. The van der Waals surface area contributed by atoms with Gasteiger partial charge in [-0.1, -0.05) is 29.3 Å². The first-order chi connectivity index (χ1) is 10.8. The van der Waals surface area contributed by atoms with Gasteiger partial charge in [0.2, 0.25) is 0 Å². The van der Waals surface area contributed by atoms with E-state index < -0.39 is 11.5 Å². The third-order valence-corrected chi connectivity index (χ3v) is 4.14. The van der Waals surface area contributed by atoms with Crippen LogP contribution in [0.25, 0.3) is 5.69 Å². The second kappa shape index (κ2) is 7.02. The standard InChI is InChI=1S/C15H15Cl2N3O3/c1-9-3-4-10(7-11(9)16)20-15(23)14(17)12(8-18-20)19(2)6-5-13(21)22/h3-4,7-8H,5-6H2,1-2H3,(H,21,22). The minimum Gasteiger partial charge on any atom is -0.481 e. The summed E-state index contributed by atoms with van der Waals surface area (Å²) in [5.74, 6) is -0.927. The summed E-state index contributed by atoms with van der Waals surface area (Å²) in [6, 6.07) is 5.14. The fraction of sp³-hybridized carbons (Fsp3) is 0.267. The number of aryl methyl sites for hydroxylation is 1. The number of benzene rings is 1. The number of carbonyl (C=O) groups is 1. The molecule has 0 radical (unpaired) electrons. The Bertz CT molecular complexity index is 805. The van der Waals surface area contributed by atoms with Gasteiger partial charge in [0.1, 0.15) is 5.02 Å². The van der Waals surface area contributed by atoms with E-state index in [-0.39, 0.29) is 18.0 Å². The Kier molecular flexibility index (Phi) is 5.28. The first-order valence-electron chi connectivity index (χ1n) is 6.78. The molecule has 0 aliphatic carbocycles. The Morgan fingerprint density at radius 1 is 1.39 bits per heavy atom. The van der Waals surface area contributed by atoms with Crippen molar-refractivity contribution in [2.75, 3.05) is 18.5 Å². The number of aromatic nitrogens is 2. The predicted octanol–water partition coefficient (Wildman–Crippen LogP) is 2.76. The monoisotopic (exact) mass is 355 g/mol. The fourth-order valence-electron chi connectivity index (χ4n) is 1.97. The van der Waals surface area contributed by atoms with Crippen molar-refractivity contribution in [3.05, 3.63) is 50.4 Å². The summed E-state index contributed by atoms with van der Waals surface area (Å²) in [6.07, 6.45) is 1.36. The zero-order valence-corrected chi connectivity index (χ0v) is 14.1. The van der Waals surface area contributed by atoms with E-state index in [0.717, 1.165) is 10.2 Å². The molecule has 0 aliphatic rings. The van der Waals surface area contributed by atoms with E-state index >= 15 is 0 Å². The van der Waals surface area contributed by atoms with Gasteiger partial charge in [0.15, 0.2) is 0 Å². The lowest BCUT2D eigenvalue weighted by atomic mass is 10.2. The SMILES string of the molecule is Cc1ccc(-n2ncc(N(C)CCC(=O)O)c(Cl)c2=O)cc1Cl. The van der Waals surface area contributed by atoms with Crippen LogP contribution < -0.4 is 10.5 Å². The molecule has 1 heterocycles. The van der Waals surface area contributed by atoms with Crippen molar-refractivity contribution in [1.82, 2.24) is 9.78 Å². The number of hydrogen-bond acceptors (Lipinski definition) is 4. The molecular formula is C15H15Cl2N3O3.